The summed E-state index contributed by atoms with van der Waals surface area (Å²) in [4.78, 5) is 2.41. The second-order valence-corrected chi connectivity index (χ2v) is 4.79. The SMILES string of the molecule is CC(O)CN(C)CCOc1ccc(C(N)=S)cc1. The highest BCUT2D eigenvalue weighted by Crippen LogP contribution is 2.11. The van der Waals surface area contributed by atoms with Crippen LogP contribution in [0.4, 0.5) is 0 Å². The molecule has 0 radical (unpaired) electrons. The van der Waals surface area contributed by atoms with E-state index in [1.54, 1.807) is 6.92 Å². The molecule has 1 atom stereocenters. The minimum atomic E-state index is -0.320. The number of nitrogens with zero attached hydrogens (tertiary/aromatic N) is 1. The average Bonchev–Trinajstić information content (AvgIpc) is 2.28. The number of nitrogens with two attached hydrogens (primary N) is 1. The van der Waals surface area contributed by atoms with E-state index < -0.39 is 0 Å². The largest absolute Gasteiger partial charge is 0.492 e. The van der Waals surface area contributed by atoms with Gasteiger partial charge in [-0.3, -0.25) is 0 Å². The van der Waals surface area contributed by atoms with E-state index in [2.05, 4.69) is 0 Å². The topological polar surface area (TPSA) is 58.7 Å². The first-order valence-corrected chi connectivity index (χ1v) is 6.29. The molecular formula is C13H20N2O2S. The fraction of sp³-hybridized carbons (Fsp3) is 0.462. The number of aliphatic hydroxyl groups is 1. The maximum atomic E-state index is 9.22. The van der Waals surface area contributed by atoms with E-state index in [4.69, 9.17) is 22.7 Å². The molecule has 1 unspecified atom stereocenters. The summed E-state index contributed by atoms with van der Waals surface area (Å²) >= 11 is 4.87. The van der Waals surface area contributed by atoms with Gasteiger partial charge in [-0.2, -0.15) is 0 Å². The molecule has 1 aromatic rings. The Labute approximate surface area is 113 Å². The highest BCUT2D eigenvalue weighted by atomic mass is 32.1. The highest BCUT2D eigenvalue weighted by molar-refractivity contribution is 7.80. The average molecular weight is 268 g/mol. The zero-order chi connectivity index (χ0) is 13.5. The van der Waals surface area contributed by atoms with Crippen LogP contribution in [-0.4, -0.2) is 47.8 Å². The molecule has 0 aromatic heterocycles. The predicted molar refractivity (Wildman–Crippen MR) is 77.0 cm³/mol. The Balaban J connectivity index is 2.33. The van der Waals surface area contributed by atoms with Crippen LogP contribution in [-0.2, 0) is 0 Å². The molecule has 1 aromatic carbocycles. The Hall–Kier alpha value is -1.17. The number of aliphatic hydroxyl groups excluding tert-OH is 1. The number of benzene rings is 1. The lowest BCUT2D eigenvalue weighted by Gasteiger charge is -2.18. The van der Waals surface area contributed by atoms with Gasteiger partial charge in [-0.25, -0.2) is 0 Å². The molecule has 0 aliphatic carbocycles. The monoisotopic (exact) mass is 268 g/mol. The molecule has 100 valence electrons. The Bertz CT molecular complexity index is 379. The van der Waals surface area contributed by atoms with Gasteiger partial charge in [0.1, 0.15) is 17.3 Å². The molecule has 18 heavy (non-hydrogen) atoms. The van der Waals surface area contributed by atoms with Gasteiger partial charge in [-0.15, -0.1) is 0 Å². The van der Waals surface area contributed by atoms with Gasteiger partial charge in [0, 0.05) is 18.7 Å². The molecule has 1 rings (SSSR count). The van der Waals surface area contributed by atoms with Crippen molar-refractivity contribution in [1.29, 1.82) is 0 Å². The Kier molecular flexibility index (Phi) is 6.04. The maximum absolute atomic E-state index is 9.22. The van der Waals surface area contributed by atoms with Crippen molar-refractivity contribution in [2.24, 2.45) is 5.73 Å². The summed E-state index contributed by atoms with van der Waals surface area (Å²) in [7, 11) is 1.95. The molecule has 0 spiro atoms. The summed E-state index contributed by atoms with van der Waals surface area (Å²) in [6, 6.07) is 7.39. The van der Waals surface area contributed by atoms with Gasteiger partial charge in [-0.05, 0) is 38.2 Å². The van der Waals surface area contributed by atoms with Gasteiger partial charge in [0.05, 0.1) is 6.10 Å². The van der Waals surface area contributed by atoms with Crippen molar-refractivity contribution in [2.75, 3.05) is 26.7 Å². The van der Waals surface area contributed by atoms with Crippen molar-refractivity contribution in [3.8, 4) is 5.75 Å². The standard InChI is InChI=1S/C13H20N2O2S/c1-10(16)9-15(2)7-8-17-12-5-3-11(4-6-12)13(14)18/h3-6,10,16H,7-9H2,1-2H3,(H2,14,18). The third kappa shape index (κ3) is 5.44. The van der Waals surface area contributed by atoms with E-state index in [1.165, 1.54) is 0 Å². The summed E-state index contributed by atoms with van der Waals surface area (Å²) in [5.41, 5.74) is 6.35. The first-order valence-electron chi connectivity index (χ1n) is 5.88. The van der Waals surface area contributed by atoms with Gasteiger partial charge < -0.3 is 20.5 Å². The van der Waals surface area contributed by atoms with Crippen LogP contribution in [0.5, 0.6) is 5.75 Å². The number of thiocarbonyl (C=S) groups is 1. The van der Waals surface area contributed by atoms with E-state index >= 15 is 0 Å². The predicted octanol–water partition coefficient (Wildman–Crippen LogP) is 1.01. The molecule has 5 heteroatoms. The number of rotatable bonds is 7. The number of ether oxygens (including phenoxy) is 1. The highest BCUT2D eigenvalue weighted by Gasteiger charge is 2.03. The fourth-order valence-corrected chi connectivity index (χ4v) is 1.71. The van der Waals surface area contributed by atoms with Gasteiger partial charge in [-0.1, -0.05) is 12.2 Å². The van der Waals surface area contributed by atoms with Crippen LogP contribution in [0.25, 0.3) is 0 Å². The Morgan fingerprint density at radius 3 is 2.56 bits per heavy atom. The quantitative estimate of drug-likeness (QED) is 0.723. The van der Waals surface area contributed by atoms with Crippen LogP contribution in [0, 0.1) is 0 Å². The minimum absolute atomic E-state index is 0.320. The molecule has 0 aliphatic heterocycles. The van der Waals surface area contributed by atoms with Crippen LogP contribution in [0.2, 0.25) is 0 Å². The molecule has 0 bridgehead atoms. The Morgan fingerprint density at radius 1 is 1.44 bits per heavy atom. The number of likely N-dealkylation sites (N-methyl/N-ethyl adjacent to an activating group) is 1. The second-order valence-electron chi connectivity index (χ2n) is 4.35. The normalized spacial score (nSPS) is 12.4. The van der Waals surface area contributed by atoms with E-state index in [0.717, 1.165) is 17.9 Å². The molecular weight excluding hydrogens is 248 g/mol. The molecule has 0 saturated carbocycles. The van der Waals surface area contributed by atoms with Crippen molar-refractivity contribution in [3.05, 3.63) is 29.8 Å². The van der Waals surface area contributed by atoms with Crippen molar-refractivity contribution in [2.45, 2.75) is 13.0 Å². The molecule has 4 nitrogen and oxygen atoms in total. The van der Waals surface area contributed by atoms with Crippen LogP contribution in [0.15, 0.2) is 24.3 Å². The van der Waals surface area contributed by atoms with Crippen molar-refractivity contribution >= 4 is 17.2 Å². The summed E-state index contributed by atoms with van der Waals surface area (Å²) < 4.78 is 5.59. The second kappa shape index (κ2) is 7.31. The molecule has 0 saturated heterocycles. The van der Waals surface area contributed by atoms with E-state index in [0.29, 0.717) is 18.1 Å². The Morgan fingerprint density at radius 2 is 2.06 bits per heavy atom. The lowest BCUT2D eigenvalue weighted by molar-refractivity contribution is 0.131. The van der Waals surface area contributed by atoms with Crippen molar-refractivity contribution in [1.82, 2.24) is 4.90 Å². The first-order chi connectivity index (χ1) is 8.49. The van der Waals surface area contributed by atoms with Crippen LogP contribution in [0.1, 0.15) is 12.5 Å². The zero-order valence-corrected chi connectivity index (χ0v) is 11.6. The first kappa shape index (κ1) is 14.9. The van der Waals surface area contributed by atoms with Gasteiger partial charge in [0.15, 0.2) is 0 Å². The molecule has 0 amide bonds. The molecule has 0 fully saturated rings. The third-order valence-electron chi connectivity index (χ3n) is 2.46. The number of hydrogen-bond donors (Lipinski definition) is 2. The van der Waals surface area contributed by atoms with Crippen molar-refractivity contribution < 1.29 is 9.84 Å². The molecule has 0 aliphatic rings. The van der Waals surface area contributed by atoms with Crippen LogP contribution < -0.4 is 10.5 Å². The van der Waals surface area contributed by atoms with Crippen molar-refractivity contribution in [3.63, 3.8) is 0 Å². The minimum Gasteiger partial charge on any atom is -0.492 e. The zero-order valence-electron chi connectivity index (χ0n) is 10.8. The van der Waals surface area contributed by atoms with E-state index in [9.17, 15) is 5.11 Å². The lowest BCUT2D eigenvalue weighted by atomic mass is 10.2. The summed E-state index contributed by atoms with van der Waals surface area (Å²) in [5, 5.41) is 9.22. The van der Waals surface area contributed by atoms with Gasteiger partial charge >= 0.3 is 0 Å². The summed E-state index contributed by atoms with van der Waals surface area (Å²) in [6.07, 6.45) is -0.320. The van der Waals surface area contributed by atoms with Gasteiger partial charge in [0.25, 0.3) is 0 Å². The summed E-state index contributed by atoms with van der Waals surface area (Å²) in [5.74, 6) is 0.792. The van der Waals surface area contributed by atoms with Gasteiger partial charge in [0.2, 0.25) is 0 Å². The molecule has 0 heterocycles. The third-order valence-corrected chi connectivity index (χ3v) is 2.69. The fourth-order valence-electron chi connectivity index (χ4n) is 1.58. The lowest BCUT2D eigenvalue weighted by Crippen LogP contribution is -2.30. The number of hydrogen-bond acceptors (Lipinski definition) is 4. The van der Waals surface area contributed by atoms with Crippen LogP contribution in [0.3, 0.4) is 0 Å². The molecule has 3 N–H and O–H groups in total. The maximum Gasteiger partial charge on any atom is 0.119 e. The summed E-state index contributed by atoms with van der Waals surface area (Å²) in [6.45, 7) is 3.76. The van der Waals surface area contributed by atoms with Crippen LogP contribution >= 0.6 is 12.2 Å². The smallest absolute Gasteiger partial charge is 0.119 e. The van der Waals surface area contributed by atoms with E-state index in [-0.39, 0.29) is 6.10 Å². The van der Waals surface area contributed by atoms with E-state index in [1.807, 2.05) is 36.2 Å².